The Labute approximate surface area is 168 Å². The fourth-order valence-corrected chi connectivity index (χ4v) is 2.06. The van der Waals surface area contributed by atoms with Gasteiger partial charge in [0.1, 0.15) is 0 Å². The normalized spacial score (nSPS) is 12.0. The summed E-state index contributed by atoms with van der Waals surface area (Å²) in [5, 5.41) is 0. The van der Waals surface area contributed by atoms with Gasteiger partial charge in [0.15, 0.2) is 23.2 Å². The van der Waals surface area contributed by atoms with Crippen molar-refractivity contribution in [2.75, 3.05) is 6.61 Å². The van der Waals surface area contributed by atoms with Crippen LogP contribution in [0.4, 0.5) is 17.6 Å². The molecule has 0 bridgehead atoms. The molecule has 152 valence electrons. The van der Waals surface area contributed by atoms with Gasteiger partial charge in [-0.15, -0.1) is 0 Å². The number of halogens is 4. The van der Waals surface area contributed by atoms with Gasteiger partial charge in [0.2, 0.25) is 5.83 Å². The van der Waals surface area contributed by atoms with Crippen molar-refractivity contribution < 1.29 is 22.3 Å². The lowest BCUT2D eigenvalue weighted by molar-refractivity contribution is 0.224. The SMILES string of the molecule is C=Cc1ccc(/C=C/C(=C)/C=C\C(=C)C(=C)/C(F)=C(/F)C(=C)OCC)c(F)c1F. The maximum atomic E-state index is 14.1. The minimum Gasteiger partial charge on any atom is -0.491 e. The van der Waals surface area contributed by atoms with Crippen molar-refractivity contribution >= 4 is 12.2 Å². The van der Waals surface area contributed by atoms with E-state index in [2.05, 4.69) is 32.9 Å². The summed E-state index contributed by atoms with van der Waals surface area (Å²) in [5.74, 6) is -4.94. The molecule has 1 rings (SSSR count). The van der Waals surface area contributed by atoms with E-state index in [1.54, 1.807) is 6.92 Å². The molecule has 1 nitrogen and oxygen atoms in total. The molecule has 1 aromatic carbocycles. The first kappa shape index (κ1) is 23.7. The molecule has 0 aromatic heterocycles. The largest absolute Gasteiger partial charge is 0.491 e. The zero-order valence-corrected chi connectivity index (χ0v) is 16.2. The summed E-state index contributed by atoms with van der Waals surface area (Å²) in [7, 11) is 0. The molecule has 0 radical (unpaired) electrons. The summed E-state index contributed by atoms with van der Waals surface area (Å²) in [5.41, 5.74) is 0.266. The number of benzene rings is 1. The van der Waals surface area contributed by atoms with Gasteiger partial charge in [-0.05, 0) is 18.1 Å². The van der Waals surface area contributed by atoms with Crippen LogP contribution in [0.25, 0.3) is 12.2 Å². The predicted octanol–water partition coefficient (Wildman–Crippen LogP) is 7.55. The van der Waals surface area contributed by atoms with Crippen molar-refractivity contribution in [2.24, 2.45) is 0 Å². The Balaban J connectivity index is 2.88. The van der Waals surface area contributed by atoms with Gasteiger partial charge in [0, 0.05) is 16.7 Å². The summed E-state index contributed by atoms with van der Waals surface area (Å²) in [6.45, 7) is 19.2. The summed E-state index contributed by atoms with van der Waals surface area (Å²) in [6.07, 6.45) is 6.79. The number of hydrogen-bond donors (Lipinski definition) is 0. The summed E-state index contributed by atoms with van der Waals surface area (Å²) in [6, 6.07) is 2.80. The van der Waals surface area contributed by atoms with E-state index < -0.39 is 29.0 Å². The van der Waals surface area contributed by atoms with Crippen molar-refractivity contribution in [2.45, 2.75) is 6.92 Å². The minimum absolute atomic E-state index is 0.0244. The van der Waals surface area contributed by atoms with Crippen molar-refractivity contribution in [1.29, 1.82) is 0 Å². The number of ether oxygens (including phenoxy) is 1. The highest BCUT2D eigenvalue weighted by Crippen LogP contribution is 2.27. The third-order valence-electron chi connectivity index (χ3n) is 3.75. The summed E-state index contributed by atoms with van der Waals surface area (Å²) in [4.78, 5) is 0. The molecule has 0 heterocycles. The van der Waals surface area contributed by atoms with E-state index in [0.717, 1.165) is 0 Å². The highest BCUT2D eigenvalue weighted by molar-refractivity contribution is 5.59. The van der Waals surface area contributed by atoms with Gasteiger partial charge in [-0.2, -0.15) is 4.39 Å². The standard InChI is InChI=1S/C24H22F4O/c1-7-19-13-14-20(24(28)23(19)27)12-10-15(3)9-11-16(4)17(5)21(25)22(26)18(6)29-8-2/h7,9-14H,1,3-6,8H2,2H3/b11-9-,12-10+,22-21-. The molecule has 0 spiro atoms. The van der Waals surface area contributed by atoms with Crippen molar-refractivity contribution in [3.05, 3.63) is 120 Å². The predicted molar refractivity (Wildman–Crippen MR) is 112 cm³/mol. The van der Waals surface area contributed by atoms with Crippen LogP contribution in [0.1, 0.15) is 18.1 Å². The molecule has 0 aliphatic carbocycles. The summed E-state index contributed by atoms with van der Waals surface area (Å²) >= 11 is 0. The molecular weight excluding hydrogens is 380 g/mol. The molecule has 0 fully saturated rings. The van der Waals surface area contributed by atoms with E-state index in [9.17, 15) is 17.6 Å². The topological polar surface area (TPSA) is 9.23 Å². The quantitative estimate of drug-likeness (QED) is 0.223. The van der Waals surface area contributed by atoms with Crippen LogP contribution >= 0.6 is 0 Å². The molecule has 0 amide bonds. The Morgan fingerprint density at radius 2 is 1.52 bits per heavy atom. The first-order valence-corrected chi connectivity index (χ1v) is 8.55. The molecule has 29 heavy (non-hydrogen) atoms. The average Bonchev–Trinajstić information content (AvgIpc) is 2.71. The third kappa shape index (κ3) is 6.35. The molecule has 0 N–H and O–H groups in total. The lowest BCUT2D eigenvalue weighted by Crippen LogP contribution is -1.95. The fourth-order valence-electron chi connectivity index (χ4n) is 2.06. The molecule has 0 saturated heterocycles. The van der Waals surface area contributed by atoms with Gasteiger partial charge in [0.05, 0.1) is 6.61 Å². The Hall–Kier alpha value is -3.34. The fraction of sp³-hybridized carbons (Fsp3) is 0.0833. The van der Waals surface area contributed by atoms with Crippen LogP contribution in [-0.2, 0) is 4.74 Å². The van der Waals surface area contributed by atoms with E-state index >= 15 is 0 Å². The first-order chi connectivity index (χ1) is 13.6. The maximum absolute atomic E-state index is 14.1. The first-order valence-electron chi connectivity index (χ1n) is 8.55. The Morgan fingerprint density at radius 1 is 0.931 bits per heavy atom. The second-order valence-electron chi connectivity index (χ2n) is 5.81. The third-order valence-corrected chi connectivity index (χ3v) is 3.75. The Morgan fingerprint density at radius 3 is 2.10 bits per heavy atom. The van der Waals surface area contributed by atoms with E-state index in [-0.39, 0.29) is 28.9 Å². The lowest BCUT2D eigenvalue weighted by Gasteiger charge is -2.08. The minimum atomic E-state index is -1.26. The van der Waals surface area contributed by atoms with E-state index in [4.69, 9.17) is 4.74 Å². The number of rotatable bonds is 10. The number of hydrogen-bond acceptors (Lipinski definition) is 1. The maximum Gasteiger partial charge on any atom is 0.200 e. The van der Waals surface area contributed by atoms with Gasteiger partial charge in [-0.25, -0.2) is 13.2 Å². The zero-order valence-electron chi connectivity index (χ0n) is 16.2. The lowest BCUT2D eigenvalue weighted by atomic mass is 10.1. The second kappa shape index (κ2) is 10.9. The van der Waals surface area contributed by atoms with Crippen molar-refractivity contribution in [3.8, 4) is 0 Å². The van der Waals surface area contributed by atoms with Gasteiger partial charge in [-0.1, -0.05) is 75.4 Å². The summed E-state index contributed by atoms with van der Waals surface area (Å²) < 4.78 is 60.5. The molecule has 0 unspecified atom stereocenters. The average molecular weight is 402 g/mol. The second-order valence-corrected chi connectivity index (χ2v) is 5.81. The van der Waals surface area contributed by atoms with Gasteiger partial charge >= 0.3 is 0 Å². The van der Waals surface area contributed by atoms with Crippen LogP contribution in [-0.4, -0.2) is 6.61 Å². The highest BCUT2D eigenvalue weighted by Gasteiger charge is 2.15. The van der Waals surface area contributed by atoms with Gasteiger partial charge in [-0.3, -0.25) is 0 Å². The molecule has 5 heteroatoms. The van der Waals surface area contributed by atoms with Crippen LogP contribution in [0, 0.1) is 11.6 Å². The molecule has 0 aliphatic heterocycles. The molecular formula is C24H22F4O. The van der Waals surface area contributed by atoms with Gasteiger partial charge < -0.3 is 4.74 Å². The van der Waals surface area contributed by atoms with Crippen LogP contribution < -0.4 is 0 Å². The smallest absolute Gasteiger partial charge is 0.200 e. The Kier molecular flexibility index (Phi) is 8.87. The molecule has 0 aliphatic rings. The van der Waals surface area contributed by atoms with Crippen LogP contribution in [0.15, 0.2) is 97.4 Å². The highest BCUT2D eigenvalue weighted by atomic mass is 19.2. The molecule has 0 saturated carbocycles. The van der Waals surface area contributed by atoms with Gasteiger partial charge in [0.25, 0.3) is 0 Å². The van der Waals surface area contributed by atoms with Crippen LogP contribution in [0.3, 0.4) is 0 Å². The van der Waals surface area contributed by atoms with E-state index in [1.165, 1.54) is 42.5 Å². The zero-order chi connectivity index (χ0) is 22.1. The van der Waals surface area contributed by atoms with E-state index in [1.807, 2.05) is 0 Å². The molecule has 0 atom stereocenters. The van der Waals surface area contributed by atoms with Crippen LogP contribution in [0.5, 0.6) is 0 Å². The van der Waals surface area contributed by atoms with Crippen molar-refractivity contribution in [1.82, 2.24) is 0 Å². The van der Waals surface area contributed by atoms with Crippen LogP contribution in [0.2, 0.25) is 0 Å². The molecule has 1 aromatic rings. The van der Waals surface area contributed by atoms with Crippen molar-refractivity contribution in [3.63, 3.8) is 0 Å². The van der Waals surface area contributed by atoms with E-state index in [0.29, 0.717) is 5.57 Å². The monoisotopic (exact) mass is 402 g/mol. The Bertz CT molecular complexity index is 946. The number of allylic oxidation sites excluding steroid dienone is 8.